The highest BCUT2D eigenvalue weighted by Gasteiger charge is 2.26. The van der Waals surface area contributed by atoms with Gasteiger partial charge in [0.2, 0.25) is 15.9 Å². The standard InChI is InChI=1S/C24H25N5O3S/c1-18(19-8-11-22(12-9-19)29-17-25-16-26-29)28(3)24(30)15-27(2)33(31,32)23-13-10-20-6-4-5-7-21(20)14-23/h4-14,16-18H,15H2,1-3H3. The Balaban J connectivity index is 1.45. The van der Waals surface area contributed by atoms with Crippen molar-refractivity contribution in [2.45, 2.75) is 17.9 Å². The topological polar surface area (TPSA) is 88.4 Å². The summed E-state index contributed by atoms with van der Waals surface area (Å²) in [7, 11) is -0.710. The van der Waals surface area contributed by atoms with Crippen molar-refractivity contribution in [1.29, 1.82) is 0 Å². The van der Waals surface area contributed by atoms with E-state index in [9.17, 15) is 13.2 Å². The molecule has 0 N–H and O–H groups in total. The van der Waals surface area contributed by atoms with Gasteiger partial charge in [-0.3, -0.25) is 4.79 Å². The van der Waals surface area contributed by atoms with Crippen molar-refractivity contribution < 1.29 is 13.2 Å². The molecule has 170 valence electrons. The first-order valence-electron chi connectivity index (χ1n) is 10.4. The van der Waals surface area contributed by atoms with E-state index in [1.165, 1.54) is 13.4 Å². The fourth-order valence-corrected chi connectivity index (χ4v) is 4.74. The van der Waals surface area contributed by atoms with Crippen molar-refractivity contribution in [3.63, 3.8) is 0 Å². The number of hydrogen-bond acceptors (Lipinski definition) is 5. The SMILES string of the molecule is CC(c1ccc(-n2cncn2)cc1)N(C)C(=O)CN(C)S(=O)(=O)c1ccc2ccccc2c1. The molecule has 1 aromatic heterocycles. The molecule has 0 fully saturated rings. The molecule has 1 unspecified atom stereocenters. The van der Waals surface area contributed by atoms with E-state index in [2.05, 4.69) is 10.1 Å². The molecule has 0 saturated carbocycles. The van der Waals surface area contributed by atoms with Crippen molar-refractivity contribution in [1.82, 2.24) is 24.0 Å². The first kappa shape index (κ1) is 22.6. The van der Waals surface area contributed by atoms with Gasteiger partial charge in [-0.1, -0.05) is 42.5 Å². The van der Waals surface area contributed by atoms with Gasteiger partial charge in [0.25, 0.3) is 0 Å². The molecule has 0 aliphatic carbocycles. The molecule has 0 saturated heterocycles. The highest BCUT2D eigenvalue weighted by molar-refractivity contribution is 7.89. The Hall–Kier alpha value is -3.56. The Morgan fingerprint density at radius 2 is 1.70 bits per heavy atom. The van der Waals surface area contributed by atoms with Crippen molar-refractivity contribution in [2.75, 3.05) is 20.6 Å². The number of carbonyl (C=O) groups excluding carboxylic acids is 1. The third-order valence-corrected chi connectivity index (χ3v) is 7.62. The van der Waals surface area contributed by atoms with Crippen molar-refractivity contribution in [3.8, 4) is 5.69 Å². The summed E-state index contributed by atoms with van der Waals surface area (Å²) < 4.78 is 28.9. The van der Waals surface area contributed by atoms with Gasteiger partial charge in [0.05, 0.1) is 23.2 Å². The summed E-state index contributed by atoms with van der Waals surface area (Å²) in [5, 5.41) is 5.89. The van der Waals surface area contributed by atoms with E-state index in [1.807, 2.05) is 55.5 Å². The molecule has 0 spiro atoms. The van der Waals surface area contributed by atoms with Gasteiger partial charge < -0.3 is 4.90 Å². The molecule has 8 nitrogen and oxygen atoms in total. The normalized spacial score (nSPS) is 12.7. The molecule has 33 heavy (non-hydrogen) atoms. The van der Waals surface area contributed by atoms with Gasteiger partial charge in [-0.2, -0.15) is 9.40 Å². The molecule has 0 radical (unpaired) electrons. The van der Waals surface area contributed by atoms with Crippen LogP contribution in [0.1, 0.15) is 18.5 Å². The minimum absolute atomic E-state index is 0.163. The van der Waals surface area contributed by atoms with Crippen LogP contribution in [-0.2, 0) is 14.8 Å². The molecule has 9 heteroatoms. The van der Waals surface area contributed by atoms with Crippen LogP contribution < -0.4 is 0 Å². The second-order valence-electron chi connectivity index (χ2n) is 7.88. The number of likely N-dealkylation sites (N-methyl/N-ethyl adjacent to an activating group) is 2. The van der Waals surface area contributed by atoms with Gasteiger partial charge in [0, 0.05) is 14.1 Å². The summed E-state index contributed by atoms with van der Waals surface area (Å²) in [6, 6.07) is 19.9. The molecule has 0 aliphatic heterocycles. The molecule has 0 bridgehead atoms. The number of carbonyl (C=O) groups is 1. The number of hydrogen-bond donors (Lipinski definition) is 0. The zero-order chi connectivity index (χ0) is 23.6. The van der Waals surface area contributed by atoms with Gasteiger partial charge in [0.15, 0.2) is 0 Å². The van der Waals surface area contributed by atoms with E-state index >= 15 is 0 Å². The zero-order valence-corrected chi connectivity index (χ0v) is 19.5. The maximum atomic E-state index is 13.1. The van der Waals surface area contributed by atoms with Gasteiger partial charge in [-0.25, -0.2) is 18.1 Å². The minimum atomic E-state index is -3.81. The van der Waals surface area contributed by atoms with Crippen molar-refractivity contribution >= 4 is 26.7 Å². The Bertz CT molecular complexity index is 1370. The van der Waals surface area contributed by atoms with Gasteiger partial charge in [0.1, 0.15) is 12.7 Å². The Morgan fingerprint density at radius 1 is 1.00 bits per heavy atom. The average Bonchev–Trinajstić information content (AvgIpc) is 3.38. The van der Waals surface area contributed by atoms with Gasteiger partial charge in [-0.15, -0.1) is 0 Å². The molecule has 4 aromatic rings. The van der Waals surface area contributed by atoms with Crippen LogP contribution in [-0.4, -0.2) is 58.9 Å². The highest BCUT2D eigenvalue weighted by Crippen LogP contribution is 2.23. The third kappa shape index (κ3) is 4.64. The number of fused-ring (bicyclic) bond motifs is 1. The van der Waals surface area contributed by atoms with E-state index in [0.29, 0.717) is 0 Å². The number of nitrogens with zero attached hydrogens (tertiary/aromatic N) is 5. The first-order chi connectivity index (χ1) is 15.8. The molecule has 3 aromatic carbocycles. The zero-order valence-electron chi connectivity index (χ0n) is 18.7. The monoisotopic (exact) mass is 463 g/mol. The lowest BCUT2D eigenvalue weighted by atomic mass is 10.1. The van der Waals surface area contributed by atoms with Crippen LogP contribution in [0.15, 0.2) is 84.3 Å². The smallest absolute Gasteiger partial charge is 0.243 e. The average molecular weight is 464 g/mol. The highest BCUT2D eigenvalue weighted by atomic mass is 32.2. The molecule has 0 aliphatic rings. The quantitative estimate of drug-likeness (QED) is 0.420. The van der Waals surface area contributed by atoms with Gasteiger partial charge >= 0.3 is 0 Å². The maximum absolute atomic E-state index is 13.1. The molecular formula is C24H25N5O3S. The fourth-order valence-electron chi connectivity index (χ4n) is 3.58. The molecular weight excluding hydrogens is 438 g/mol. The van der Waals surface area contributed by atoms with Crippen LogP contribution in [0.3, 0.4) is 0 Å². The Morgan fingerprint density at radius 3 is 2.36 bits per heavy atom. The lowest BCUT2D eigenvalue weighted by molar-refractivity contribution is -0.131. The van der Waals surface area contributed by atoms with Crippen molar-refractivity contribution in [2.24, 2.45) is 0 Å². The van der Waals surface area contributed by atoms with Crippen molar-refractivity contribution in [3.05, 3.63) is 84.9 Å². The maximum Gasteiger partial charge on any atom is 0.243 e. The van der Waals surface area contributed by atoms with Crippen LogP contribution in [0, 0.1) is 0 Å². The fraction of sp³-hybridized carbons (Fsp3) is 0.208. The van der Waals surface area contributed by atoms with E-state index in [-0.39, 0.29) is 23.4 Å². The lowest BCUT2D eigenvalue weighted by Crippen LogP contribution is -2.40. The largest absolute Gasteiger partial charge is 0.338 e. The van der Waals surface area contributed by atoms with E-state index in [1.54, 1.807) is 41.2 Å². The predicted octanol–water partition coefficient (Wildman–Crippen LogP) is 3.26. The number of sulfonamides is 1. The second-order valence-corrected chi connectivity index (χ2v) is 9.93. The third-order valence-electron chi connectivity index (χ3n) is 5.82. The Labute approximate surface area is 193 Å². The lowest BCUT2D eigenvalue weighted by Gasteiger charge is -2.27. The predicted molar refractivity (Wildman–Crippen MR) is 126 cm³/mol. The summed E-state index contributed by atoms with van der Waals surface area (Å²) in [6.07, 6.45) is 3.07. The van der Waals surface area contributed by atoms with E-state index in [4.69, 9.17) is 0 Å². The van der Waals surface area contributed by atoms with E-state index in [0.717, 1.165) is 26.3 Å². The summed E-state index contributed by atoms with van der Waals surface area (Å²) >= 11 is 0. The number of amides is 1. The van der Waals surface area contributed by atoms with E-state index < -0.39 is 10.0 Å². The van der Waals surface area contributed by atoms with Gasteiger partial charge in [-0.05, 0) is 47.5 Å². The number of rotatable bonds is 7. The summed E-state index contributed by atoms with van der Waals surface area (Å²) in [4.78, 5) is 18.6. The molecule has 1 heterocycles. The molecule has 1 amide bonds. The minimum Gasteiger partial charge on any atom is -0.338 e. The number of benzene rings is 3. The Kier molecular flexibility index (Phi) is 6.26. The molecule has 4 rings (SSSR count). The van der Waals surface area contributed by atoms with Crippen LogP contribution in [0.4, 0.5) is 0 Å². The van der Waals surface area contributed by atoms with Crippen LogP contribution in [0.2, 0.25) is 0 Å². The van der Waals surface area contributed by atoms with Crippen LogP contribution in [0.25, 0.3) is 16.5 Å². The first-order valence-corrected chi connectivity index (χ1v) is 11.9. The summed E-state index contributed by atoms with van der Waals surface area (Å²) in [5.41, 5.74) is 1.79. The second kappa shape index (κ2) is 9.13. The summed E-state index contributed by atoms with van der Waals surface area (Å²) in [5.74, 6) is -0.297. The van der Waals surface area contributed by atoms with Crippen LogP contribution in [0.5, 0.6) is 0 Å². The van der Waals surface area contributed by atoms with Crippen LogP contribution >= 0.6 is 0 Å². The molecule has 1 atom stereocenters. The summed E-state index contributed by atoms with van der Waals surface area (Å²) in [6.45, 7) is 1.65. The number of aromatic nitrogens is 3.